The van der Waals surface area contributed by atoms with Crippen LogP contribution in [0.15, 0.2) is 18.2 Å². The van der Waals surface area contributed by atoms with E-state index in [1.165, 1.54) is 11.0 Å². The van der Waals surface area contributed by atoms with Crippen molar-refractivity contribution in [2.45, 2.75) is 24.9 Å². The average Bonchev–Trinajstić information content (AvgIpc) is 2.89. The standard InChI is InChI=1S/C15H19FN2O3S/c16-13-7-11(14-8-18(9-17)15(19)21-14)1-2-12(13)10-3-5-22(20)6-4-10/h1-2,7,10,14H,3-6,8-9,17H2/t10?,14-,22?/m1/s1. The highest BCUT2D eigenvalue weighted by Gasteiger charge is 2.32. The van der Waals surface area contributed by atoms with Crippen LogP contribution in [0, 0.1) is 5.82 Å². The van der Waals surface area contributed by atoms with E-state index in [9.17, 15) is 13.4 Å². The second-order valence-electron chi connectivity index (χ2n) is 5.68. The molecule has 2 N–H and O–H groups in total. The molecule has 5 nitrogen and oxygen atoms in total. The van der Waals surface area contributed by atoms with Crippen LogP contribution in [0.3, 0.4) is 0 Å². The molecule has 0 radical (unpaired) electrons. The summed E-state index contributed by atoms with van der Waals surface area (Å²) in [5, 5.41) is 0. The fraction of sp³-hybridized carbons (Fsp3) is 0.533. The lowest BCUT2D eigenvalue weighted by Gasteiger charge is -2.22. The van der Waals surface area contributed by atoms with Crippen LogP contribution in [0.25, 0.3) is 0 Å². The van der Waals surface area contributed by atoms with Gasteiger partial charge in [-0.25, -0.2) is 9.18 Å². The van der Waals surface area contributed by atoms with Crippen molar-refractivity contribution in [1.82, 2.24) is 4.90 Å². The Balaban J connectivity index is 1.75. The normalized spacial score (nSPS) is 28.7. The Morgan fingerprint density at radius 3 is 2.68 bits per heavy atom. The smallest absolute Gasteiger partial charge is 0.411 e. The summed E-state index contributed by atoms with van der Waals surface area (Å²) in [4.78, 5) is 12.9. The molecule has 2 aliphatic rings. The number of amides is 1. The number of benzene rings is 1. The molecule has 0 bridgehead atoms. The Bertz CT molecular complexity index is 600. The zero-order valence-electron chi connectivity index (χ0n) is 12.2. The minimum atomic E-state index is -0.754. The molecule has 2 heterocycles. The topological polar surface area (TPSA) is 72.6 Å². The van der Waals surface area contributed by atoms with Gasteiger partial charge in [-0.05, 0) is 36.0 Å². The van der Waals surface area contributed by atoms with Gasteiger partial charge in [-0.2, -0.15) is 0 Å². The van der Waals surface area contributed by atoms with Crippen LogP contribution >= 0.6 is 0 Å². The van der Waals surface area contributed by atoms with E-state index in [1.807, 2.05) is 6.07 Å². The van der Waals surface area contributed by atoms with Gasteiger partial charge in [-0.3, -0.25) is 9.11 Å². The molecule has 0 aliphatic carbocycles. The monoisotopic (exact) mass is 326 g/mol. The summed E-state index contributed by atoms with van der Waals surface area (Å²) in [7, 11) is -0.754. The van der Waals surface area contributed by atoms with Crippen LogP contribution in [0.2, 0.25) is 0 Å². The molecule has 1 amide bonds. The lowest BCUT2D eigenvalue weighted by molar-refractivity contribution is 0.133. The number of ether oxygens (including phenoxy) is 1. The van der Waals surface area contributed by atoms with Crippen LogP contribution in [0.1, 0.15) is 36.0 Å². The van der Waals surface area contributed by atoms with Gasteiger partial charge in [0.15, 0.2) is 0 Å². The Morgan fingerprint density at radius 1 is 1.36 bits per heavy atom. The third-order valence-electron chi connectivity index (χ3n) is 4.33. The van der Waals surface area contributed by atoms with Crippen molar-refractivity contribution in [1.29, 1.82) is 0 Å². The second kappa shape index (κ2) is 6.34. The highest BCUT2D eigenvalue weighted by molar-refractivity contribution is 7.85. The minimum Gasteiger partial charge on any atom is -0.439 e. The van der Waals surface area contributed by atoms with Crippen molar-refractivity contribution >= 4 is 16.9 Å². The maximum absolute atomic E-state index is 14.4. The molecule has 0 aromatic heterocycles. The van der Waals surface area contributed by atoms with Crippen LogP contribution in [-0.2, 0) is 15.5 Å². The first-order chi connectivity index (χ1) is 10.6. The van der Waals surface area contributed by atoms with Gasteiger partial charge in [-0.15, -0.1) is 0 Å². The number of hydrogen-bond acceptors (Lipinski definition) is 4. The van der Waals surface area contributed by atoms with Crippen LogP contribution in [0.5, 0.6) is 0 Å². The number of carbonyl (C=O) groups excluding carboxylic acids is 1. The Kier molecular flexibility index (Phi) is 4.44. The van der Waals surface area contributed by atoms with Gasteiger partial charge < -0.3 is 10.5 Å². The first-order valence-corrected chi connectivity index (χ1v) is 8.87. The van der Waals surface area contributed by atoms with E-state index in [1.54, 1.807) is 6.07 Å². The van der Waals surface area contributed by atoms with E-state index in [4.69, 9.17) is 10.5 Å². The summed E-state index contributed by atoms with van der Waals surface area (Å²) in [6.07, 6.45) is 0.565. The molecule has 1 aromatic carbocycles. The molecule has 2 aliphatic heterocycles. The lowest BCUT2D eigenvalue weighted by atomic mass is 9.91. The summed E-state index contributed by atoms with van der Waals surface area (Å²) in [5.74, 6) is 1.12. The predicted octanol–water partition coefficient (Wildman–Crippen LogP) is 1.86. The highest BCUT2D eigenvalue weighted by Crippen LogP contribution is 2.33. The van der Waals surface area contributed by atoms with Gasteiger partial charge in [0.25, 0.3) is 0 Å². The number of nitrogens with two attached hydrogens (primary N) is 1. The molecular weight excluding hydrogens is 307 g/mol. The number of carbonyl (C=O) groups is 1. The summed E-state index contributed by atoms with van der Waals surface area (Å²) in [5.41, 5.74) is 6.76. The number of nitrogens with zero attached hydrogens (tertiary/aromatic N) is 1. The van der Waals surface area contributed by atoms with Gasteiger partial charge in [-0.1, -0.05) is 12.1 Å². The van der Waals surface area contributed by atoms with Crippen molar-refractivity contribution in [3.05, 3.63) is 35.1 Å². The predicted molar refractivity (Wildman–Crippen MR) is 81.2 cm³/mol. The second-order valence-corrected chi connectivity index (χ2v) is 7.38. The van der Waals surface area contributed by atoms with E-state index in [2.05, 4.69) is 0 Å². The highest BCUT2D eigenvalue weighted by atomic mass is 32.2. The molecule has 22 heavy (non-hydrogen) atoms. The van der Waals surface area contributed by atoms with Crippen molar-refractivity contribution < 1.29 is 18.1 Å². The number of halogens is 1. The van der Waals surface area contributed by atoms with E-state index in [0.29, 0.717) is 29.2 Å². The minimum absolute atomic E-state index is 0.0924. The molecule has 0 spiro atoms. The summed E-state index contributed by atoms with van der Waals surface area (Å²) in [6, 6.07) is 5.02. The lowest BCUT2D eigenvalue weighted by Crippen LogP contribution is -2.30. The van der Waals surface area contributed by atoms with Crippen LogP contribution in [0.4, 0.5) is 9.18 Å². The quantitative estimate of drug-likeness (QED) is 0.920. The molecule has 0 saturated carbocycles. The van der Waals surface area contributed by atoms with Crippen LogP contribution in [-0.4, -0.2) is 39.9 Å². The molecular formula is C15H19FN2O3S. The van der Waals surface area contributed by atoms with Crippen molar-refractivity contribution in [2.75, 3.05) is 24.7 Å². The van der Waals surface area contributed by atoms with Gasteiger partial charge in [0.1, 0.15) is 11.9 Å². The third kappa shape index (κ3) is 3.01. The Labute approximate surface area is 131 Å². The first-order valence-electron chi connectivity index (χ1n) is 7.38. The van der Waals surface area contributed by atoms with Crippen molar-refractivity contribution in [3.8, 4) is 0 Å². The summed E-state index contributed by atoms with van der Waals surface area (Å²) in [6.45, 7) is 0.436. The van der Waals surface area contributed by atoms with E-state index < -0.39 is 23.0 Å². The Hall–Kier alpha value is -1.47. The molecule has 7 heteroatoms. The Morgan fingerprint density at radius 2 is 2.09 bits per heavy atom. The fourth-order valence-electron chi connectivity index (χ4n) is 3.01. The van der Waals surface area contributed by atoms with Gasteiger partial charge in [0.05, 0.1) is 13.2 Å². The molecule has 1 atom stereocenters. The van der Waals surface area contributed by atoms with E-state index in [-0.39, 0.29) is 18.4 Å². The maximum Gasteiger partial charge on any atom is 0.411 e. The fourth-order valence-corrected chi connectivity index (χ4v) is 4.31. The zero-order chi connectivity index (χ0) is 15.7. The zero-order valence-corrected chi connectivity index (χ0v) is 13.0. The maximum atomic E-state index is 14.4. The molecule has 2 saturated heterocycles. The molecule has 120 valence electrons. The van der Waals surface area contributed by atoms with Gasteiger partial charge >= 0.3 is 6.09 Å². The van der Waals surface area contributed by atoms with E-state index >= 15 is 0 Å². The molecule has 3 rings (SSSR count). The SMILES string of the molecule is NCN1C[C@H](c2ccc(C3CCS(=O)CC3)c(F)c2)OC1=O. The summed E-state index contributed by atoms with van der Waals surface area (Å²) < 4.78 is 31.0. The van der Waals surface area contributed by atoms with Gasteiger partial charge in [0, 0.05) is 22.3 Å². The third-order valence-corrected chi connectivity index (χ3v) is 5.71. The van der Waals surface area contributed by atoms with Gasteiger partial charge in [0.2, 0.25) is 0 Å². The van der Waals surface area contributed by atoms with E-state index in [0.717, 1.165) is 12.8 Å². The first kappa shape index (κ1) is 15.4. The summed E-state index contributed by atoms with van der Waals surface area (Å²) >= 11 is 0. The molecule has 0 unspecified atom stereocenters. The number of rotatable bonds is 3. The van der Waals surface area contributed by atoms with Crippen LogP contribution < -0.4 is 5.73 Å². The molecule has 1 aromatic rings. The molecule has 2 fully saturated rings. The number of cyclic esters (lactones) is 1. The average molecular weight is 326 g/mol. The van der Waals surface area contributed by atoms with Crippen molar-refractivity contribution in [3.63, 3.8) is 0 Å². The number of hydrogen-bond donors (Lipinski definition) is 1. The van der Waals surface area contributed by atoms with Crippen molar-refractivity contribution in [2.24, 2.45) is 5.73 Å². The largest absolute Gasteiger partial charge is 0.439 e.